The van der Waals surface area contributed by atoms with Crippen LogP contribution in [0.4, 0.5) is 11.4 Å². The molecule has 26 heavy (non-hydrogen) atoms. The highest BCUT2D eigenvalue weighted by Crippen LogP contribution is 2.37. The molecule has 0 saturated heterocycles. The molecule has 0 spiro atoms. The van der Waals surface area contributed by atoms with Crippen molar-refractivity contribution in [1.82, 2.24) is 0 Å². The van der Waals surface area contributed by atoms with Crippen LogP contribution in [0.2, 0.25) is 0 Å². The topological polar surface area (TPSA) is 66.5 Å². The first-order valence-electron chi connectivity index (χ1n) is 8.92. The van der Waals surface area contributed by atoms with Crippen molar-refractivity contribution in [3.8, 4) is 0 Å². The van der Waals surface area contributed by atoms with Crippen molar-refractivity contribution < 1.29 is 13.2 Å². The predicted molar refractivity (Wildman–Crippen MR) is 103 cm³/mol. The lowest BCUT2D eigenvalue weighted by molar-refractivity contribution is -0.119. The molecule has 1 aliphatic carbocycles. The van der Waals surface area contributed by atoms with Gasteiger partial charge in [0.2, 0.25) is 15.9 Å². The largest absolute Gasteiger partial charge is 0.312 e. The molecule has 5 nitrogen and oxygen atoms in total. The first kappa shape index (κ1) is 17.1. The Bertz CT molecular complexity index is 948. The summed E-state index contributed by atoms with van der Waals surface area (Å²) in [5.41, 5.74) is 4.29. The van der Waals surface area contributed by atoms with Crippen molar-refractivity contribution in [2.75, 3.05) is 16.2 Å². The summed E-state index contributed by atoms with van der Waals surface area (Å²) in [6.45, 7) is 2.65. The van der Waals surface area contributed by atoms with Crippen LogP contribution >= 0.6 is 0 Å². The zero-order valence-electron chi connectivity index (χ0n) is 14.7. The number of aryl methyl sites for hydroxylation is 1. The van der Waals surface area contributed by atoms with Gasteiger partial charge in [-0.15, -0.1) is 0 Å². The van der Waals surface area contributed by atoms with Crippen LogP contribution in [0.3, 0.4) is 0 Å². The number of carbonyl (C=O) groups is 1. The molecule has 0 atom stereocenters. The number of anilines is 2. The van der Waals surface area contributed by atoms with Crippen LogP contribution in [0.15, 0.2) is 42.5 Å². The number of fused-ring (bicyclic) bond motifs is 1. The molecule has 0 bridgehead atoms. The normalized spacial score (nSPS) is 16.4. The van der Waals surface area contributed by atoms with Crippen LogP contribution in [0.25, 0.3) is 0 Å². The van der Waals surface area contributed by atoms with Crippen molar-refractivity contribution in [3.63, 3.8) is 0 Å². The fourth-order valence-corrected chi connectivity index (χ4v) is 4.53. The fourth-order valence-electron chi connectivity index (χ4n) is 3.34. The van der Waals surface area contributed by atoms with Crippen LogP contribution < -0.4 is 9.62 Å². The molecule has 1 aliphatic heterocycles. The van der Waals surface area contributed by atoms with E-state index in [1.54, 1.807) is 12.1 Å². The number of amides is 1. The van der Waals surface area contributed by atoms with E-state index in [-0.39, 0.29) is 17.6 Å². The quantitative estimate of drug-likeness (QED) is 0.879. The first-order valence-corrected chi connectivity index (χ1v) is 10.6. The maximum absolute atomic E-state index is 12.5. The molecule has 1 N–H and O–H groups in total. The van der Waals surface area contributed by atoms with Gasteiger partial charge in [-0.3, -0.25) is 9.52 Å². The molecule has 1 heterocycles. The minimum atomic E-state index is -3.51. The lowest BCUT2D eigenvalue weighted by Crippen LogP contribution is -2.30. The molecule has 1 fully saturated rings. The smallest absolute Gasteiger partial charge is 0.236 e. The molecule has 0 aromatic heterocycles. The Hall–Kier alpha value is -2.34. The van der Waals surface area contributed by atoms with Crippen molar-refractivity contribution in [1.29, 1.82) is 0 Å². The summed E-state index contributed by atoms with van der Waals surface area (Å²) >= 11 is 0. The van der Waals surface area contributed by atoms with E-state index < -0.39 is 10.0 Å². The van der Waals surface area contributed by atoms with Crippen molar-refractivity contribution in [3.05, 3.63) is 59.2 Å². The third kappa shape index (κ3) is 3.60. The minimum absolute atomic E-state index is 0.0743. The van der Waals surface area contributed by atoms with Gasteiger partial charge in [-0.1, -0.05) is 35.9 Å². The molecule has 1 saturated carbocycles. The predicted octanol–water partition coefficient (Wildman–Crippen LogP) is 3.24. The van der Waals surface area contributed by atoms with E-state index in [0.717, 1.165) is 41.6 Å². The zero-order chi connectivity index (χ0) is 18.3. The van der Waals surface area contributed by atoms with Gasteiger partial charge in [-0.25, -0.2) is 8.42 Å². The maximum atomic E-state index is 12.5. The van der Waals surface area contributed by atoms with Gasteiger partial charge >= 0.3 is 0 Å². The number of nitrogens with one attached hydrogen (secondary N) is 1. The van der Waals surface area contributed by atoms with Gasteiger partial charge in [0.25, 0.3) is 0 Å². The van der Waals surface area contributed by atoms with Gasteiger partial charge < -0.3 is 4.90 Å². The third-order valence-electron chi connectivity index (χ3n) is 4.92. The molecule has 6 heteroatoms. The average Bonchev–Trinajstić information content (AvgIpc) is 3.36. The summed E-state index contributed by atoms with van der Waals surface area (Å²) in [5.74, 6) is 0.251. The average molecular weight is 370 g/mol. The number of carbonyl (C=O) groups excluding carboxylic acids is 1. The SMILES string of the molecule is Cc1ccc(CS(=O)(=O)Nc2ccc3c(c2)N(C(=O)C2CC2)CC3)cc1. The van der Waals surface area contributed by atoms with Crippen LogP contribution in [0.1, 0.15) is 29.5 Å². The molecule has 0 unspecified atom stereocenters. The van der Waals surface area contributed by atoms with E-state index in [0.29, 0.717) is 12.2 Å². The van der Waals surface area contributed by atoms with Crippen LogP contribution in [0, 0.1) is 12.8 Å². The molecule has 2 aliphatic rings. The highest BCUT2D eigenvalue weighted by molar-refractivity contribution is 7.91. The minimum Gasteiger partial charge on any atom is -0.312 e. The molecule has 1 amide bonds. The Kier molecular flexibility index (Phi) is 4.23. The number of hydrogen-bond acceptors (Lipinski definition) is 3. The van der Waals surface area contributed by atoms with Gasteiger partial charge in [-0.05, 0) is 49.4 Å². The van der Waals surface area contributed by atoms with Gasteiger partial charge in [0, 0.05) is 18.2 Å². The summed E-state index contributed by atoms with van der Waals surface area (Å²) in [4.78, 5) is 14.2. The molecular formula is C20H22N2O3S. The van der Waals surface area contributed by atoms with E-state index in [1.165, 1.54) is 0 Å². The molecule has 136 valence electrons. The van der Waals surface area contributed by atoms with Gasteiger partial charge in [0.15, 0.2) is 0 Å². The second-order valence-corrected chi connectivity index (χ2v) is 8.93. The first-order chi connectivity index (χ1) is 12.4. The monoisotopic (exact) mass is 370 g/mol. The number of sulfonamides is 1. The second-order valence-electron chi connectivity index (χ2n) is 7.20. The van der Waals surface area contributed by atoms with Crippen LogP contribution in [-0.4, -0.2) is 20.9 Å². The molecular weight excluding hydrogens is 348 g/mol. The van der Waals surface area contributed by atoms with E-state index in [1.807, 2.05) is 42.2 Å². The zero-order valence-corrected chi connectivity index (χ0v) is 15.6. The van der Waals surface area contributed by atoms with E-state index in [2.05, 4.69) is 4.72 Å². The van der Waals surface area contributed by atoms with Crippen LogP contribution in [0.5, 0.6) is 0 Å². The lowest BCUT2D eigenvalue weighted by Gasteiger charge is -2.18. The standard InChI is InChI=1S/C20H22N2O3S/c1-14-2-4-15(5-3-14)13-26(24,25)21-18-9-8-16-10-11-22(19(16)12-18)20(23)17-6-7-17/h2-5,8-9,12,17,21H,6-7,10-11,13H2,1H3. The summed E-state index contributed by atoms with van der Waals surface area (Å²) in [5, 5.41) is 0. The van der Waals surface area contributed by atoms with E-state index in [9.17, 15) is 13.2 Å². The van der Waals surface area contributed by atoms with Gasteiger partial charge in [0.05, 0.1) is 11.4 Å². The summed E-state index contributed by atoms with van der Waals surface area (Å²) in [6, 6.07) is 12.9. The Morgan fingerprint density at radius 3 is 2.58 bits per heavy atom. The Morgan fingerprint density at radius 1 is 1.15 bits per heavy atom. The molecule has 0 radical (unpaired) electrons. The summed E-state index contributed by atoms with van der Waals surface area (Å²) in [6.07, 6.45) is 2.76. The van der Waals surface area contributed by atoms with E-state index >= 15 is 0 Å². The van der Waals surface area contributed by atoms with Gasteiger partial charge in [0.1, 0.15) is 0 Å². The Morgan fingerprint density at radius 2 is 1.88 bits per heavy atom. The molecule has 2 aromatic carbocycles. The van der Waals surface area contributed by atoms with Crippen molar-refractivity contribution in [2.45, 2.75) is 31.9 Å². The fraction of sp³-hybridized carbons (Fsp3) is 0.350. The van der Waals surface area contributed by atoms with Crippen LogP contribution in [-0.2, 0) is 27.0 Å². The summed E-state index contributed by atoms with van der Waals surface area (Å²) in [7, 11) is -3.51. The number of benzene rings is 2. The second kappa shape index (κ2) is 6.43. The lowest BCUT2D eigenvalue weighted by atomic mass is 10.1. The Balaban J connectivity index is 1.52. The molecule has 2 aromatic rings. The van der Waals surface area contributed by atoms with E-state index in [4.69, 9.17) is 0 Å². The Labute approximate surface area is 154 Å². The van der Waals surface area contributed by atoms with Crippen molar-refractivity contribution in [2.24, 2.45) is 5.92 Å². The highest BCUT2D eigenvalue weighted by Gasteiger charge is 2.36. The number of nitrogens with zero attached hydrogens (tertiary/aromatic N) is 1. The summed E-state index contributed by atoms with van der Waals surface area (Å²) < 4.78 is 27.6. The third-order valence-corrected chi connectivity index (χ3v) is 6.18. The van der Waals surface area contributed by atoms with Gasteiger partial charge in [-0.2, -0.15) is 0 Å². The molecule has 4 rings (SSSR count). The van der Waals surface area contributed by atoms with Crippen molar-refractivity contribution >= 4 is 27.3 Å². The number of rotatable bonds is 5. The number of hydrogen-bond donors (Lipinski definition) is 1. The maximum Gasteiger partial charge on any atom is 0.236 e. The highest BCUT2D eigenvalue weighted by atomic mass is 32.2.